The first-order valence-corrected chi connectivity index (χ1v) is 13.3. The fourth-order valence-corrected chi connectivity index (χ4v) is 5.50. The van der Waals surface area contributed by atoms with Crippen molar-refractivity contribution in [2.45, 2.75) is 71.3 Å². The second kappa shape index (κ2) is 10.4. The summed E-state index contributed by atoms with van der Waals surface area (Å²) in [5, 5.41) is 13.8. The third-order valence-corrected chi connectivity index (χ3v) is 7.77. The van der Waals surface area contributed by atoms with E-state index in [1.54, 1.807) is 16.6 Å². The van der Waals surface area contributed by atoms with Gasteiger partial charge in [0, 0.05) is 29.9 Å². The molecule has 194 valence electrons. The third kappa shape index (κ3) is 5.02. The largest absolute Gasteiger partial charge is 0.481 e. The van der Waals surface area contributed by atoms with E-state index in [9.17, 15) is 14.7 Å². The minimum Gasteiger partial charge on any atom is -0.481 e. The number of aromatic nitrogens is 3. The maximum atomic E-state index is 15.3. The molecule has 1 unspecified atom stereocenters. The van der Waals surface area contributed by atoms with Crippen LogP contribution in [0.25, 0.3) is 22.5 Å². The van der Waals surface area contributed by atoms with E-state index in [0.29, 0.717) is 48.3 Å². The molecule has 3 aromatic rings. The highest BCUT2D eigenvalue weighted by atomic mass is 19.1. The average molecular weight is 505 g/mol. The van der Waals surface area contributed by atoms with Gasteiger partial charge in [0.2, 0.25) is 0 Å². The molecule has 5 rings (SSSR count). The molecule has 37 heavy (non-hydrogen) atoms. The number of allylic oxidation sites excluding steroid dienone is 2. The molecule has 3 heterocycles. The zero-order chi connectivity index (χ0) is 26.1. The minimum absolute atomic E-state index is 0.0595. The molecular weight excluding hydrogens is 471 g/mol. The Hall–Kier alpha value is -3.55. The van der Waals surface area contributed by atoms with Crippen LogP contribution in [-0.2, 0) is 11.2 Å². The van der Waals surface area contributed by atoms with E-state index in [1.165, 1.54) is 6.07 Å². The smallest absolute Gasteiger partial charge is 0.306 e. The zero-order valence-corrected chi connectivity index (χ0v) is 21.4. The van der Waals surface area contributed by atoms with Crippen LogP contribution in [0.15, 0.2) is 36.4 Å². The molecule has 1 aromatic carbocycles. The summed E-state index contributed by atoms with van der Waals surface area (Å²) in [6.45, 7) is 4.84. The Balaban J connectivity index is 1.45. The lowest BCUT2D eigenvalue weighted by Gasteiger charge is -2.27. The second-order valence-electron chi connectivity index (χ2n) is 10.2. The molecule has 8 heteroatoms. The number of rotatable bonds is 5. The van der Waals surface area contributed by atoms with Gasteiger partial charge in [0.15, 0.2) is 5.65 Å². The molecule has 1 N–H and O–H groups in total. The molecule has 2 atom stereocenters. The molecule has 0 spiro atoms. The predicted octanol–water partition coefficient (Wildman–Crippen LogP) is 5.77. The van der Waals surface area contributed by atoms with Gasteiger partial charge in [-0.05, 0) is 74.8 Å². The lowest BCUT2D eigenvalue weighted by molar-refractivity contribution is -0.141. The summed E-state index contributed by atoms with van der Waals surface area (Å²) < 4.78 is 17.0. The molecule has 0 bridgehead atoms. The maximum absolute atomic E-state index is 15.3. The first-order valence-electron chi connectivity index (χ1n) is 13.3. The van der Waals surface area contributed by atoms with Gasteiger partial charge in [-0.2, -0.15) is 5.10 Å². The van der Waals surface area contributed by atoms with Crippen molar-refractivity contribution in [3.63, 3.8) is 0 Å². The number of likely N-dealkylation sites (tertiary alicyclic amines) is 1. The summed E-state index contributed by atoms with van der Waals surface area (Å²) in [6, 6.07) is 8.79. The monoisotopic (exact) mass is 504 g/mol. The number of carboxylic acid groups (broad SMARTS) is 1. The summed E-state index contributed by atoms with van der Waals surface area (Å²) in [7, 11) is 0. The highest BCUT2D eigenvalue weighted by Crippen LogP contribution is 2.33. The maximum Gasteiger partial charge on any atom is 0.306 e. The van der Waals surface area contributed by atoms with Crippen molar-refractivity contribution in [2.24, 2.45) is 5.92 Å². The molecule has 1 saturated heterocycles. The highest BCUT2D eigenvalue weighted by molar-refractivity contribution is 5.93. The number of hydrogen-bond donors (Lipinski definition) is 1. The van der Waals surface area contributed by atoms with Crippen LogP contribution < -0.4 is 0 Å². The van der Waals surface area contributed by atoms with Crippen molar-refractivity contribution in [1.29, 1.82) is 0 Å². The van der Waals surface area contributed by atoms with Crippen LogP contribution in [-0.4, -0.2) is 49.1 Å². The summed E-state index contributed by atoms with van der Waals surface area (Å²) in [4.78, 5) is 31.2. The standard InChI is InChI=1S/C29H33FN4O3/c1-3-22-16-26(28(35)33-14-6-4-5-7-18(33)2)31-27-17-25(32-34(22)27)23-13-12-21(15-24(23)30)19-8-10-20(11-9-19)29(36)37/h8,12-13,15-18,20H,3-7,9-11,14H2,1-2H3,(H,36,37)/t18-,20?/m1/s1. The number of benzene rings is 1. The number of nitrogens with zero attached hydrogens (tertiary/aromatic N) is 4. The van der Waals surface area contributed by atoms with Gasteiger partial charge in [0.05, 0.1) is 11.6 Å². The number of amides is 1. The quantitative estimate of drug-likeness (QED) is 0.477. The van der Waals surface area contributed by atoms with E-state index in [0.717, 1.165) is 49.1 Å². The molecule has 2 aromatic heterocycles. The van der Waals surface area contributed by atoms with Gasteiger partial charge >= 0.3 is 5.97 Å². The molecule has 0 radical (unpaired) electrons. The lowest BCUT2D eigenvalue weighted by atomic mass is 9.86. The van der Waals surface area contributed by atoms with Gasteiger partial charge in [0.25, 0.3) is 5.91 Å². The van der Waals surface area contributed by atoms with Crippen LogP contribution in [0.5, 0.6) is 0 Å². The fraction of sp³-hybridized carbons (Fsp3) is 0.448. The molecule has 7 nitrogen and oxygen atoms in total. The number of carboxylic acids is 1. The number of hydrogen-bond acceptors (Lipinski definition) is 4. The van der Waals surface area contributed by atoms with E-state index < -0.39 is 11.8 Å². The summed E-state index contributed by atoms with van der Waals surface area (Å²) >= 11 is 0. The van der Waals surface area contributed by atoms with Crippen molar-refractivity contribution in [2.75, 3.05) is 6.54 Å². The van der Waals surface area contributed by atoms with Crippen LogP contribution in [0.2, 0.25) is 0 Å². The van der Waals surface area contributed by atoms with E-state index in [4.69, 9.17) is 0 Å². The van der Waals surface area contributed by atoms with Crippen LogP contribution in [0.3, 0.4) is 0 Å². The van der Waals surface area contributed by atoms with E-state index in [-0.39, 0.29) is 17.9 Å². The van der Waals surface area contributed by atoms with Crippen molar-refractivity contribution in [3.05, 3.63) is 59.2 Å². The third-order valence-electron chi connectivity index (χ3n) is 7.77. The minimum atomic E-state index is -0.783. The normalized spacial score (nSPS) is 20.5. The van der Waals surface area contributed by atoms with Crippen molar-refractivity contribution in [3.8, 4) is 11.3 Å². The Kier molecular flexibility index (Phi) is 7.09. The number of aryl methyl sites for hydroxylation is 1. The molecule has 0 saturated carbocycles. The van der Waals surface area contributed by atoms with Gasteiger partial charge in [0.1, 0.15) is 11.5 Å². The molecular formula is C29H33FN4O3. The van der Waals surface area contributed by atoms with Crippen molar-refractivity contribution < 1.29 is 19.1 Å². The Morgan fingerprint density at radius 3 is 2.68 bits per heavy atom. The van der Waals surface area contributed by atoms with Crippen LogP contribution in [0.4, 0.5) is 4.39 Å². The van der Waals surface area contributed by atoms with Gasteiger partial charge < -0.3 is 10.0 Å². The summed E-state index contributed by atoms with van der Waals surface area (Å²) in [5.41, 5.74) is 4.34. The van der Waals surface area contributed by atoms with Gasteiger partial charge in [-0.1, -0.05) is 31.9 Å². The number of carbonyl (C=O) groups is 2. The molecule has 1 aliphatic carbocycles. The van der Waals surface area contributed by atoms with E-state index >= 15 is 4.39 Å². The number of carbonyl (C=O) groups excluding carboxylic acids is 1. The Labute approximate surface area is 216 Å². The first-order chi connectivity index (χ1) is 17.9. The first kappa shape index (κ1) is 25.1. The Morgan fingerprint density at radius 1 is 1.14 bits per heavy atom. The summed E-state index contributed by atoms with van der Waals surface area (Å²) in [6.07, 6.45) is 8.46. The average Bonchev–Trinajstić information content (AvgIpc) is 3.21. The van der Waals surface area contributed by atoms with E-state index in [2.05, 4.69) is 17.0 Å². The van der Waals surface area contributed by atoms with Crippen molar-refractivity contribution >= 4 is 23.1 Å². The number of aliphatic carboxylic acids is 1. The van der Waals surface area contributed by atoms with Crippen LogP contribution in [0.1, 0.15) is 80.5 Å². The van der Waals surface area contributed by atoms with E-state index in [1.807, 2.05) is 30.0 Å². The molecule has 1 fully saturated rings. The van der Waals surface area contributed by atoms with Gasteiger partial charge in [-0.3, -0.25) is 9.59 Å². The molecule has 2 aliphatic rings. The summed E-state index contributed by atoms with van der Waals surface area (Å²) in [5.74, 6) is -1.61. The fourth-order valence-electron chi connectivity index (χ4n) is 5.50. The Morgan fingerprint density at radius 2 is 1.97 bits per heavy atom. The molecule has 1 aliphatic heterocycles. The predicted molar refractivity (Wildman–Crippen MR) is 140 cm³/mol. The van der Waals surface area contributed by atoms with Crippen molar-refractivity contribution in [1.82, 2.24) is 19.5 Å². The zero-order valence-electron chi connectivity index (χ0n) is 21.4. The molecule has 1 amide bonds. The second-order valence-corrected chi connectivity index (χ2v) is 10.2. The van der Waals surface area contributed by atoms with Crippen LogP contribution >= 0.6 is 0 Å². The topological polar surface area (TPSA) is 87.8 Å². The Bertz CT molecular complexity index is 1380. The van der Waals surface area contributed by atoms with Gasteiger partial charge in [-0.25, -0.2) is 13.9 Å². The number of halogens is 1. The SMILES string of the molecule is CCc1cc(C(=O)N2CCCCC[C@H]2C)nc2cc(-c3ccc(C4=CCC(C(=O)O)CC4)cc3F)nn12. The highest BCUT2D eigenvalue weighted by Gasteiger charge is 2.26. The lowest BCUT2D eigenvalue weighted by Crippen LogP contribution is -2.38. The van der Waals surface area contributed by atoms with Crippen LogP contribution in [0, 0.1) is 11.7 Å². The van der Waals surface area contributed by atoms with Gasteiger partial charge in [-0.15, -0.1) is 0 Å². The number of fused-ring (bicyclic) bond motifs is 1.